The maximum atomic E-state index is 12.0. The minimum absolute atomic E-state index is 0.0870. The molecule has 0 bridgehead atoms. The highest BCUT2D eigenvalue weighted by Gasteiger charge is 2.20. The van der Waals surface area contributed by atoms with Gasteiger partial charge in [0.2, 0.25) is 0 Å². The van der Waals surface area contributed by atoms with Gasteiger partial charge in [-0.2, -0.15) is 0 Å². The van der Waals surface area contributed by atoms with Crippen LogP contribution in [0.25, 0.3) is 0 Å². The van der Waals surface area contributed by atoms with Gasteiger partial charge in [0.15, 0.2) is 0 Å². The van der Waals surface area contributed by atoms with E-state index >= 15 is 0 Å². The van der Waals surface area contributed by atoms with E-state index < -0.39 is 0 Å². The van der Waals surface area contributed by atoms with Crippen molar-refractivity contribution in [1.82, 2.24) is 15.1 Å². The van der Waals surface area contributed by atoms with Crippen molar-refractivity contribution < 1.29 is 4.79 Å². The number of piperazine rings is 1. The summed E-state index contributed by atoms with van der Waals surface area (Å²) in [6.07, 6.45) is 2.16. The van der Waals surface area contributed by atoms with E-state index in [0.29, 0.717) is 0 Å². The fraction of sp³-hybridized carbons (Fsp3) is 0.562. The number of benzene rings is 1. The lowest BCUT2D eigenvalue weighted by molar-refractivity contribution is 0.135. The molecule has 1 aromatic rings. The summed E-state index contributed by atoms with van der Waals surface area (Å²) in [7, 11) is 0. The second-order valence-electron chi connectivity index (χ2n) is 5.44. The van der Waals surface area contributed by atoms with Crippen LogP contribution in [0.1, 0.15) is 25.3 Å². The summed E-state index contributed by atoms with van der Waals surface area (Å²) < 4.78 is 1.16. The number of nitrogens with one attached hydrogen (secondary N) is 1. The van der Waals surface area contributed by atoms with Gasteiger partial charge in [0.1, 0.15) is 0 Å². The molecule has 116 valence electrons. The molecule has 1 heterocycles. The Morgan fingerprint density at radius 1 is 1.24 bits per heavy atom. The highest BCUT2D eigenvalue weighted by molar-refractivity contribution is 9.10. The number of hydrogen-bond acceptors (Lipinski definition) is 2. The maximum Gasteiger partial charge on any atom is 0.317 e. The number of nitrogens with zero attached hydrogens (tertiary/aromatic N) is 2. The summed E-state index contributed by atoms with van der Waals surface area (Å²) >= 11 is 3.59. The molecule has 0 saturated carbocycles. The molecule has 1 fully saturated rings. The quantitative estimate of drug-likeness (QED) is 0.825. The van der Waals surface area contributed by atoms with E-state index in [2.05, 4.69) is 51.3 Å². The minimum atomic E-state index is 0.0870. The summed E-state index contributed by atoms with van der Waals surface area (Å²) in [4.78, 5) is 16.3. The van der Waals surface area contributed by atoms with Crippen LogP contribution in [-0.2, 0) is 6.54 Å². The van der Waals surface area contributed by atoms with Gasteiger partial charge in [0.25, 0.3) is 0 Å². The molecular formula is C16H24BrN3O. The van der Waals surface area contributed by atoms with E-state index in [1.54, 1.807) is 0 Å². The molecular weight excluding hydrogens is 330 g/mol. The number of unbranched alkanes of at least 4 members (excludes halogenated alkanes) is 1. The van der Waals surface area contributed by atoms with Crippen LogP contribution in [-0.4, -0.2) is 48.6 Å². The molecule has 1 aliphatic heterocycles. The molecule has 1 aliphatic rings. The van der Waals surface area contributed by atoms with Gasteiger partial charge in [0.05, 0.1) is 0 Å². The summed E-state index contributed by atoms with van der Waals surface area (Å²) in [6, 6.07) is 8.41. The number of carbonyl (C=O) groups excluding carboxylic acids is 1. The van der Waals surface area contributed by atoms with Crippen molar-refractivity contribution in [1.29, 1.82) is 0 Å². The van der Waals surface area contributed by atoms with Crippen molar-refractivity contribution in [3.63, 3.8) is 0 Å². The van der Waals surface area contributed by atoms with Gasteiger partial charge in [0, 0.05) is 43.7 Å². The Kier molecular flexibility index (Phi) is 6.51. The topological polar surface area (TPSA) is 35.6 Å². The molecule has 2 rings (SSSR count). The first kappa shape index (κ1) is 16.3. The van der Waals surface area contributed by atoms with Crippen molar-refractivity contribution in [3.8, 4) is 0 Å². The lowest BCUT2D eigenvalue weighted by Gasteiger charge is -2.34. The predicted octanol–water partition coefficient (Wildman–Crippen LogP) is 3.08. The fourth-order valence-corrected chi connectivity index (χ4v) is 2.87. The van der Waals surface area contributed by atoms with Crippen LogP contribution in [0.5, 0.6) is 0 Å². The van der Waals surface area contributed by atoms with Gasteiger partial charge in [-0.1, -0.05) is 47.5 Å². The zero-order valence-electron chi connectivity index (χ0n) is 12.6. The first-order valence-electron chi connectivity index (χ1n) is 7.69. The van der Waals surface area contributed by atoms with Crippen LogP contribution in [0, 0.1) is 0 Å². The zero-order chi connectivity index (χ0) is 15.1. The molecule has 0 atom stereocenters. The van der Waals surface area contributed by atoms with E-state index in [0.717, 1.165) is 56.6 Å². The van der Waals surface area contributed by atoms with E-state index in [4.69, 9.17) is 0 Å². The van der Waals surface area contributed by atoms with Gasteiger partial charge >= 0.3 is 6.03 Å². The first-order valence-corrected chi connectivity index (χ1v) is 8.48. The molecule has 0 unspecified atom stereocenters. The second kappa shape index (κ2) is 8.39. The standard InChI is InChI=1S/C16H24BrN3O/c1-2-3-8-18-16(21)20-11-9-19(10-12-20)13-14-6-4-5-7-15(14)17/h4-7H,2-3,8-13H2,1H3,(H,18,21). The van der Waals surface area contributed by atoms with E-state index in [9.17, 15) is 4.79 Å². The monoisotopic (exact) mass is 353 g/mol. The third-order valence-corrected chi connectivity index (χ3v) is 4.59. The summed E-state index contributed by atoms with van der Waals surface area (Å²) in [5, 5.41) is 2.99. The van der Waals surface area contributed by atoms with Crippen molar-refractivity contribution in [3.05, 3.63) is 34.3 Å². The predicted molar refractivity (Wildman–Crippen MR) is 89.3 cm³/mol. The maximum absolute atomic E-state index is 12.0. The molecule has 1 saturated heterocycles. The summed E-state index contributed by atoms with van der Waals surface area (Å²) in [5.41, 5.74) is 1.30. The largest absolute Gasteiger partial charge is 0.338 e. The van der Waals surface area contributed by atoms with Crippen LogP contribution < -0.4 is 5.32 Å². The van der Waals surface area contributed by atoms with E-state index in [-0.39, 0.29) is 6.03 Å². The number of hydrogen-bond donors (Lipinski definition) is 1. The van der Waals surface area contributed by atoms with Crippen molar-refractivity contribution in [2.45, 2.75) is 26.3 Å². The molecule has 4 nitrogen and oxygen atoms in total. The van der Waals surface area contributed by atoms with Crippen LogP contribution in [0.3, 0.4) is 0 Å². The second-order valence-corrected chi connectivity index (χ2v) is 6.29. The molecule has 21 heavy (non-hydrogen) atoms. The van der Waals surface area contributed by atoms with Gasteiger partial charge in [-0.15, -0.1) is 0 Å². The number of urea groups is 1. The minimum Gasteiger partial charge on any atom is -0.338 e. The number of halogens is 1. The normalized spacial score (nSPS) is 16.0. The highest BCUT2D eigenvalue weighted by Crippen LogP contribution is 2.18. The fourth-order valence-electron chi connectivity index (χ4n) is 2.46. The number of carbonyl (C=O) groups is 1. The lowest BCUT2D eigenvalue weighted by atomic mass is 10.2. The highest BCUT2D eigenvalue weighted by atomic mass is 79.9. The Bertz CT molecular complexity index is 459. The zero-order valence-corrected chi connectivity index (χ0v) is 14.2. The van der Waals surface area contributed by atoms with Gasteiger partial charge < -0.3 is 10.2 Å². The van der Waals surface area contributed by atoms with Gasteiger partial charge in [-0.3, -0.25) is 4.90 Å². The van der Waals surface area contributed by atoms with Crippen molar-refractivity contribution in [2.24, 2.45) is 0 Å². The molecule has 0 aliphatic carbocycles. The van der Waals surface area contributed by atoms with Crippen LogP contribution in [0.2, 0.25) is 0 Å². The molecule has 5 heteroatoms. The molecule has 1 aromatic carbocycles. The van der Waals surface area contributed by atoms with Crippen molar-refractivity contribution in [2.75, 3.05) is 32.7 Å². The van der Waals surface area contributed by atoms with Crippen molar-refractivity contribution >= 4 is 22.0 Å². The Labute approximate surface area is 135 Å². The van der Waals surface area contributed by atoms with Crippen LogP contribution in [0.4, 0.5) is 4.79 Å². The van der Waals surface area contributed by atoms with E-state index in [1.165, 1.54) is 5.56 Å². The molecule has 0 spiro atoms. The molecule has 2 amide bonds. The van der Waals surface area contributed by atoms with Gasteiger partial charge in [-0.25, -0.2) is 4.79 Å². The van der Waals surface area contributed by atoms with Crippen LogP contribution in [0.15, 0.2) is 28.7 Å². The molecule has 0 radical (unpaired) electrons. The third kappa shape index (κ3) is 5.00. The SMILES string of the molecule is CCCCNC(=O)N1CCN(Cc2ccccc2Br)CC1. The average molecular weight is 354 g/mol. The molecule has 1 N–H and O–H groups in total. The number of rotatable bonds is 5. The average Bonchev–Trinajstić information content (AvgIpc) is 2.50. The Morgan fingerprint density at radius 3 is 2.62 bits per heavy atom. The summed E-state index contributed by atoms with van der Waals surface area (Å²) in [5.74, 6) is 0. The van der Waals surface area contributed by atoms with Crippen LogP contribution >= 0.6 is 15.9 Å². The lowest BCUT2D eigenvalue weighted by Crippen LogP contribution is -2.51. The summed E-state index contributed by atoms with van der Waals surface area (Å²) in [6.45, 7) is 7.34. The molecule has 0 aromatic heterocycles. The smallest absolute Gasteiger partial charge is 0.317 e. The Hall–Kier alpha value is -1.07. The third-order valence-electron chi connectivity index (χ3n) is 3.82. The van der Waals surface area contributed by atoms with Gasteiger partial charge in [-0.05, 0) is 18.1 Å². The Morgan fingerprint density at radius 2 is 1.95 bits per heavy atom. The number of amides is 2. The Balaban J connectivity index is 1.75. The first-order chi connectivity index (χ1) is 10.2. The van der Waals surface area contributed by atoms with E-state index in [1.807, 2.05) is 11.0 Å².